The number of anilines is 2. The van der Waals surface area contributed by atoms with Gasteiger partial charge in [0.25, 0.3) is 5.56 Å². The van der Waals surface area contributed by atoms with Gasteiger partial charge in [-0.25, -0.2) is 4.79 Å². The third kappa shape index (κ3) is 5.25. The molecule has 36 heavy (non-hydrogen) atoms. The minimum atomic E-state index is -0.718. The Morgan fingerprint density at radius 1 is 1.03 bits per heavy atom. The van der Waals surface area contributed by atoms with E-state index in [9.17, 15) is 19.2 Å². The quantitative estimate of drug-likeness (QED) is 0.503. The average molecular weight is 490 g/mol. The molecule has 0 saturated carbocycles. The normalized spacial score (nSPS) is 15.3. The SMILES string of the molecule is CCCN(C(=O)C1CC(=O)N(Cc2ccc(C)cc2)C1)c1c(N)n(Cc2ccccc2)c(=O)[nH]c1=O. The fourth-order valence-corrected chi connectivity index (χ4v) is 4.54. The second-order valence-electron chi connectivity index (χ2n) is 9.22. The van der Waals surface area contributed by atoms with Crippen molar-refractivity contribution in [3.05, 3.63) is 92.1 Å². The molecule has 0 bridgehead atoms. The number of nitrogens with two attached hydrogens (primary N) is 1. The number of aromatic amines is 1. The van der Waals surface area contributed by atoms with Gasteiger partial charge in [0.2, 0.25) is 11.8 Å². The molecule has 2 aromatic carbocycles. The van der Waals surface area contributed by atoms with Gasteiger partial charge in [0, 0.05) is 26.1 Å². The lowest BCUT2D eigenvalue weighted by Crippen LogP contribution is -2.44. The summed E-state index contributed by atoms with van der Waals surface area (Å²) in [6, 6.07) is 17.2. The maximum Gasteiger partial charge on any atom is 0.330 e. The molecule has 2 heterocycles. The van der Waals surface area contributed by atoms with Gasteiger partial charge in [0.05, 0.1) is 12.5 Å². The van der Waals surface area contributed by atoms with Crippen LogP contribution in [0.15, 0.2) is 64.2 Å². The summed E-state index contributed by atoms with van der Waals surface area (Å²) < 4.78 is 1.26. The molecular weight excluding hydrogens is 458 g/mol. The first-order valence-electron chi connectivity index (χ1n) is 12.1. The smallest absolute Gasteiger partial charge is 0.330 e. The third-order valence-corrected chi connectivity index (χ3v) is 6.44. The second kappa shape index (κ2) is 10.6. The van der Waals surface area contributed by atoms with Crippen molar-refractivity contribution in [2.45, 2.75) is 39.8 Å². The van der Waals surface area contributed by atoms with Crippen LogP contribution in [0.25, 0.3) is 0 Å². The largest absolute Gasteiger partial charge is 0.383 e. The van der Waals surface area contributed by atoms with Crippen molar-refractivity contribution in [1.82, 2.24) is 14.5 Å². The van der Waals surface area contributed by atoms with Crippen LogP contribution in [-0.2, 0) is 22.7 Å². The molecule has 0 spiro atoms. The van der Waals surface area contributed by atoms with E-state index in [0.29, 0.717) is 13.0 Å². The van der Waals surface area contributed by atoms with Crippen LogP contribution in [0.2, 0.25) is 0 Å². The summed E-state index contributed by atoms with van der Waals surface area (Å²) in [5.41, 5.74) is 7.87. The monoisotopic (exact) mass is 489 g/mol. The first-order valence-corrected chi connectivity index (χ1v) is 12.1. The molecular formula is C27H31N5O4. The predicted octanol–water partition coefficient (Wildman–Crippen LogP) is 2.27. The Bertz CT molecular complexity index is 1360. The van der Waals surface area contributed by atoms with Crippen molar-refractivity contribution in [2.24, 2.45) is 5.92 Å². The highest BCUT2D eigenvalue weighted by Gasteiger charge is 2.38. The molecule has 1 aliphatic rings. The van der Waals surface area contributed by atoms with Crippen molar-refractivity contribution in [2.75, 3.05) is 23.7 Å². The van der Waals surface area contributed by atoms with Crippen LogP contribution in [0.4, 0.5) is 11.5 Å². The number of nitrogens with zero attached hydrogens (tertiary/aromatic N) is 3. The number of benzene rings is 2. The van der Waals surface area contributed by atoms with Gasteiger partial charge in [-0.1, -0.05) is 67.1 Å². The van der Waals surface area contributed by atoms with Gasteiger partial charge in [-0.15, -0.1) is 0 Å². The highest BCUT2D eigenvalue weighted by molar-refractivity contribution is 6.00. The van der Waals surface area contributed by atoms with Gasteiger partial charge in [-0.05, 0) is 24.5 Å². The number of carbonyl (C=O) groups excluding carboxylic acids is 2. The Hall–Kier alpha value is -4.14. The number of aromatic nitrogens is 2. The van der Waals surface area contributed by atoms with Crippen molar-refractivity contribution in [1.29, 1.82) is 0 Å². The summed E-state index contributed by atoms with van der Waals surface area (Å²) in [6.07, 6.45) is 0.628. The van der Waals surface area contributed by atoms with E-state index < -0.39 is 17.2 Å². The van der Waals surface area contributed by atoms with Crippen LogP contribution in [0.3, 0.4) is 0 Å². The number of nitrogen functional groups attached to an aromatic ring is 1. The number of hydrogen-bond acceptors (Lipinski definition) is 5. The van der Waals surface area contributed by atoms with E-state index in [1.165, 1.54) is 9.47 Å². The average Bonchev–Trinajstić information content (AvgIpc) is 3.22. The Morgan fingerprint density at radius 3 is 2.36 bits per heavy atom. The van der Waals surface area contributed by atoms with Gasteiger partial charge in [0.15, 0.2) is 5.69 Å². The summed E-state index contributed by atoms with van der Waals surface area (Å²) >= 11 is 0. The first-order chi connectivity index (χ1) is 17.3. The van der Waals surface area contributed by atoms with E-state index in [1.807, 2.05) is 68.4 Å². The van der Waals surface area contributed by atoms with Crippen LogP contribution in [0.5, 0.6) is 0 Å². The summed E-state index contributed by atoms with van der Waals surface area (Å²) in [4.78, 5) is 57.1. The summed E-state index contributed by atoms with van der Waals surface area (Å²) in [5.74, 6) is -1.14. The molecule has 1 atom stereocenters. The number of amides is 2. The lowest BCUT2D eigenvalue weighted by atomic mass is 10.1. The second-order valence-corrected chi connectivity index (χ2v) is 9.22. The number of carbonyl (C=O) groups is 2. The van der Waals surface area contributed by atoms with E-state index in [1.54, 1.807) is 4.90 Å². The zero-order valence-corrected chi connectivity index (χ0v) is 20.6. The molecule has 1 aliphatic heterocycles. The van der Waals surface area contributed by atoms with Gasteiger partial charge >= 0.3 is 5.69 Å². The van der Waals surface area contributed by atoms with Gasteiger partial charge in [0.1, 0.15) is 5.82 Å². The summed E-state index contributed by atoms with van der Waals surface area (Å²) in [6.45, 7) is 4.94. The third-order valence-electron chi connectivity index (χ3n) is 6.44. The fourth-order valence-electron chi connectivity index (χ4n) is 4.54. The van der Waals surface area contributed by atoms with E-state index in [2.05, 4.69) is 4.98 Å². The van der Waals surface area contributed by atoms with Crippen molar-refractivity contribution < 1.29 is 9.59 Å². The maximum absolute atomic E-state index is 13.6. The van der Waals surface area contributed by atoms with Crippen molar-refractivity contribution in [3.63, 3.8) is 0 Å². The van der Waals surface area contributed by atoms with Crippen molar-refractivity contribution in [3.8, 4) is 0 Å². The molecule has 0 aliphatic carbocycles. The van der Waals surface area contributed by atoms with Gasteiger partial charge in [-0.2, -0.15) is 0 Å². The van der Waals surface area contributed by atoms with E-state index in [-0.39, 0.29) is 49.4 Å². The summed E-state index contributed by atoms with van der Waals surface area (Å²) in [7, 11) is 0. The number of H-pyrrole nitrogens is 1. The van der Waals surface area contributed by atoms with E-state index in [0.717, 1.165) is 16.7 Å². The molecule has 4 rings (SSSR count). The van der Waals surface area contributed by atoms with Gasteiger partial charge < -0.3 is 15.5 Å². The van der Waals surface area contributed by atoms with Crippen LogP contribution >= 0.6 is 0 Å². The minimum Gasteiger partial charge on any atom is -0.383 e. The first kappa shape index (κ1) is 25.0. The number of aryl methyl sites for hydroxylation is 1. The molecule has 9 nitrogen and oxygen atoms in total. The number of hydrogen-bond donors (Lipinski definition) is 2. The molecule has 1 unspecified atom stereocenters. The predicted molar refractivity (Wildman–Crippen MR) is 139 cm³/mol. The molecule has 188 valence electrons. The lowest BCUT2D eigenvalue weighted by molar-refractivity contribution is -0.128. The number of nitrogens with one attached hydrogen (secondary N) is 1. The van der Waals surface area contributed by atoms with E-state index in [4.69, 9.17) is 5.73 Å². The molecule has 3 aromatic rings. The minimum absolute atomic E-state index is 0.0539. The highest BCUT2D eigenvalue weighted by Crippen LogP contribution is 2.26. The molecule has 3 N–H and O–H groups in total. The molecule has 1 saturated heterocycles. The zero-order valence-electron chi connectivity index (χ0n) is 20.6. The Morgan fingerprint density at radius 2 is 1.69 bits per heavy atom. The maximum atomic E-state index is 13.6. The van der Waals surface area contributed by atoms with Crippen molar-refractivity contribution >= 4 is 23.3 Å². The Labute approximate surface area is 209 Å². The van der Waals surface area contributed by atoms with Crippen LogP contribution in [-0.4, -0.2) is 39.4 Å². The fraction of sp³-hybridized carbons (Fsp3) is 0.333. The summed E-state index contributed by atoms with van der Waals surface area (Å²) in [5, 5.41) is 0. The van der Waals surface area contributed by atoms with Crippen LogP contribution in [0, 0.1) is 12.8 Å². The van der Waals surface area contributed by atoms with Gasteiger partial charge in [-0.3, -0.25) is 23.9 Å². The number of likely N-dealkylation sites (tertiary alicyclic amines) is 1. The highest BCUT2D eigenvalue weighted by atomic mass is 16.2. The molecule has 1 fully saturated rings. The molecule has 1 aromatic heterocycles. The molecule has 2 amide bonds. The lowest BCUT2D eigenvalue weighted by Gasteiger charge is -2.26. The molecule has 0 radical (unpaired) electrons. The van der Waals surface area contributed by atoms with Crippen LogP contribution in [0.1, 0.15) is 36.5 Å². The Balaban J connectivity index is 1.61. The Kier molecular flexibility index (Phi) is 7.38. The molecule has 9 heteroatoms. The van der Waals surface area contributed by atoms with E-state index >= 15 is 0 Å². The zero-order chi connectivity index (χ0) is 25.8. The van der Waals surface area contributed by atoms with Crippen LogP contribution < -0.4 is 21.9 Å². The number of rotatable bonds is 8. The standard InChI is InChI=1S/C27H31N5O4/c1-3-13-31(23-24(28)32(27(36)29-25(23)34)16-19-7-5-4-6-8-19)26(35)21-14-22(33)30(17-21)15-20-11-9-18(2)10-12-20/h4-12,21H,3,13-17,28H2,1-2H3,(H,29,34,36). The topological polar surface area (TPSA) is 121 Å².